The molecular formula is C10H15N3O3. The molecule has 6 nitrogen and oxygen atoms in total. The van der Waals surface area contributed by atoms with Gasteiger partial charge in [-0.2, -0.15) is 0 Å². The van der Waals surface area contributed by atoms with Crippen molar-refractivity contribution in [1.29, 1.82) is 0 Å². The van der Waals surface area contributed by atoms with Crippen LogP contribution in [-0.4, -0.2) is 39.3 Å². The van der Waals surface area contributed by atoms with Crippen LogP contribution in [0.2, 0.25) is 0 Å². The zero-order valence-corrected chi connectivity index (χ0v) is 9.27. The van der Waals surface area contributed by atoms with E-state index < -0.39 is 5.97 Å². The number of carboxylic acid groups (broad SMARTS) is 1. The zero-order valence-electron chi connectivity index (χ0n) is 9.27. The highest BCUT2D eigenvalue weighted by atomic mass is 16.4. The predicted molar refractivity (Wildman–Crippen MR) is 58.5 cm³/mol. The van der Waals surface area contributed by atoms with Gasteiger partial charge in [0.05, 0.1) is 11.3 Å². The number of aromatic nitrogens is 2. The molecule has 0 saturated heterocycles. The molecule has 1 aromatic heterocycles. The molecule has 1 heterocycles. The van der Waals surface area contributed by atoms with Crippen molar-refractivity contribution in [3.05, 3.63) is 17.5 Å². The molecular weight excluding hydrogens is 210 g/mol. The number of carboxylic acids is 1. The van der Waals surface area contributed by atoms with Crippen molar-refractivity contribution in [3.63, 3.8) is 0 Å². The SMILES string of the molecule is Cc1nc(NCC(C)CO)ncc1C(=O)O. The molecule has 0 aliphatic carbocycles. The number of aliphatic hydroxyl groups excluding tert-OH is 1. The van der Waals surface area contributed by atoms with Gasteiger partial charge in [-0.05, 0) is 12.8 Å². The minimum atomic E-state index is -1.03. The van der Waals surface area contributed by atoms with Crippen LogP contribution in [0.3, 0.4) is 0 Å². The number of anilines is 1. The lowest BCUT2D eigenvalue weighted by atomic mass is 10.2. The van der Waals surface area contributed by atoms with E-state index in [-0.39, 0.29) is 18.1 Å². The monoisotopic (exact) mass is 225 g/mol. The number of hydrogen-bond acceptors (Lipinski definition) is 5. The van der Waals surface area contributed by atoms with Crippen LogP contribution < -0.4 is 5.32 Å². The molecule has 1 unspecified atom stereocenters. The van der Waals surface area contributed by atoms with Crippen molar-refractivity contribution >= 4 is 11.9 Å². The Labute approximate surface area is 93.4 Å². The Morgan fingerprint density at radius 3 is 2.81 bits per heavy atom. The fraction of sp³-hybridized carbons (Fsp3) is 0.500. The molecule has 0 radical (unpaired) electrons. The van der Waals surface area contributed by atoms with Gasteiger partial charge in [0.15, 0.2) is 0 Å². The van der Waals surface area contributed by atoms with Crippen LogP contribution >= 0.6 is 0 Å². The van der Waals surface area contributed by atoms with E-state index in [4.69, 9.17) is 10.2 Å². The van der Waals surface area contributed by atoms with Gasteiger partial charge in [-0.15, -0.1) is 0 Å². The maximum absolute atomic E-state index is 10.7. The van der Waals surface area contributed by atoms with E-state index in [2.05, 4.69) is 15.3 Å². The van der Waals surface area contributed by atoms with Crippen molar-refractivity contribution in [3.8, 4) is 0 Å². The van der Waals surface area contributed by atoms with Crippen molar-refractivity contribution in [2.24, 2.45) is 5.92 Å². The molecule has 0 aliphatic heterocycles. The Hall–Kier alpha value is -1.69. The molecule has 0 fully saturated rings. The number of nitrogens with one attached hydrogen (secondary N) is 1. The van der Waals surface area contributed by atoms with Crippen molar-refractivity contribution < 1.29 is 15.0 Å². The summed E-state index contributed by atoms with van der Waals surface area (Å²) in [6, 6.07) is 0. The first-order chi connectivity index (χ1) is 7.54. The summed E-state index contributed by atoms with van der Waals surface area (Å²) in [5.74, 6) is -0.557. The standard InChI is InChI=1S/C10H15N3O3/c1-6(5-14)3-11-10-12-4-8(9(15)16)7(2)13-10/h4,6,14H,3,5H2,1-2H3,(H,15,16)(H,11,12,13). The highest BCUT2D eigenvalue weighted by molar-refractivity contribution is 5.88. The summed E-state index contributed by atoms with van der Waals surface area (Å²) in [6.07, 6.45) is 1.27. The van der Waals surface area contributed by atoms with Crippen LogP contribution in [-0.2, 0) is 0 Å². The first kappa shape index (κ1) is 12.4. The normalized spacial score (nSPS) is 12.2. The van der Waals surface area contributed by atoms with E-state index in [0.717, 1.165) is 0 Å². The maximum Gasteiger partial charge on any atom is 0.339 e. The molecule has 3 N–H and O–H groups in total. The van der Waals surface area contributed by atoms with Crippen LogP contribution in [0.4, 0.5) is 5.95 Å². The van der Waals surface area contributed by atoms with Crippen molar-refractivity contribution in [2.75, 3.05) is 18.5 Å². The van der Waals surface area contributed by atoms with Gasteiger partial charge >= 0.3 is 5.97 Å². The third-order valence-corrected chi connectivity index (χ3v) is 2.13. The summed E-state index contributed by atoms with van der Waals surface area (Å²) < 4.78 is 0. The summed E-state index contributed by atoms with van der Waals surface area (Å²) in [7, 11) is 0. The second kappa shape index (κ2) is 5.41. The van der Waals surface area contributed by atoms with E-state index in [1.165, 1.54) is 6.20 Å². The number of aromatic carboxylic acids is 1. The van der Waals surface area contributed by atoms with E-state index >= 15 is 0 Å². The van der Waals surface area contributed by atoms with Gasteiger partial charge in [-0.25, -0.2) is 14.8 Å². The third kappa shape index (κ3) is 3.16. The molecule has 6 heteroatoms. The molecule has 0 saturated carbocycles. The average Bonchev–Trinajstić information content (AvgIpc) is 2.25. The first-order valence-electron chi connectivity index (χ1n) is 4.96. The highest BCUT2D eigenvalue weighted by Crippen LogP contribution is 2.07. The minimum Gasteiger partial charge on any atom is -0.478 e. The summed E-state index contributed by atoms with van der Waals surface area (Å²) in [4.78, 5) is 18.6. The second-order valence-electron chi connectivity index (χ2n) is 3.67. The van der Waals surface area contributed by atoms with Gasteiger partial charge < -0.3 is 15.5 Å². The lowest BCUT2D eigenvalue weighted by Crippen LogP contribution is -2.16. The molecule has 88 valence electrons. The molecule has 1 rings (SSSR count). The lowest BCUT2D eigenvalue weighted by Gasteiger charge is -2.10. The average molecular weight is 225 g/mol. The zero-order chi connectivity index (χ0) is 12.1. The van der Waals surface area contributed by atoms with Gasteiger partial charge in [0.1, 0.15) is 0 Å². The van der Waals surface area contributed by atoms with Crippen LogP contribution in [0.1, 0.15) is 23.0 Å². The van der Waals surface area contributed by atoms with Gasteiger partial charge in [0.2, 0.25) is 5.95 Å². The van der Waals surface area contributed by atoms with Crippen molar-refractivity contribution in [1.82, 2.24) is 9.97 Å². The molecule has 0 aliphatic rings. The maximum atomic E-state index is 10.7. The Kier molecular flexibility index (Phi) is 4.19. The molecule has 0 bridgehead atoms. The predicted octanol–water partition coefficient (Wildman–Crippen LogP) is 0.524. The minimum absolute atomic E-state index is 0.0825. The van der Waals surface area contributed by atoms with Gasteiger partial charge in [0.25, 0.3) is 0 Å². The summed E-state index contributed by atoms with van der Waals surface area (Å²) in [5, 5.41) is 20.5. The van der Waals surface area contributed by atoms with Gasteiger partial charge in [-0.3, -0.25) is 0 Å². The first-order valence-corrected chi connectivity index (χ1v) is 4.96. The smallest absolute Gasteiger partial charge is 0.339 e. The molecule has 0 amide bonds. The van der Waals surface area contributed by atoms with Crippen LogP contribution in [0.15, 0.2) is 6.20 Å². The lowest BCUT2D eigenvalue weighted by molar-refractivity contribution is 0.0695. The van der Waals surface area contributed by atoms with Gasteiger partial charge in [0, 0.05) is 19.3 Å². The van der Waals surface area contributed by atoms with Crippen LogP contribution in [0.5, 0.6) is 0 Å². The van der Waals surface area contributed by atoms with E-state index in [1.807, 2.05) is 6.92 Å². The van der Waals surface area contributed by atoms with E-state index in [0.29, 0.717) is 18.2 Å². The Balaban J connectivity index is 2.70. The van der Waals surface area contributed by atoms with E-state index in [9.17, 15) is 4.79 Å². The van der Waals surface area contributed by atoms with Gasteiger partial charge in [-0.1, -0.05) is 6.92 Å². The topological polar surface area (TPSA) is 95.3 Å². The second-order valence-corrected chi connectivity index (χ2v) is 3.67. The fourth-order valence-electron chi connectivity index (χ4n) is 1.09. The number of hydrogen-bond donors (Lipinski definition) is 3. The number of rotatable bonds is 5. The molecule has 1 aromatic rings. The number of aliphatic hydroxyl groups is 1. The summed E-state index contributed by atoms with van der Waals surface area (Å²) in [6.45, 7) is 4.12. The third-order valence-electron chi connectivity index (χ3n) is 2.13. The highest BCUT2D eigenvalue weighted by Gasteiger charge is 2.10. The molecule has 0 aromatic carbocycles. The summed E-state index contributed by atoms with van der Waals surface area (Å²) >= 11 is 0. The summed E-state index contributed by atoms with van der Waals surface area (Å²) in [5.41, 5.74) is 0.516. The Bertz CT molecular complexity index is 382. The van der Waals surface area contributed by atoms with E-state index in [1.54, 1.807) is 6.92 Å². The largest absolute Gasteiger partial charge is 0.478 e. The van der Waals surface area contributed by atoms with Crippen LogP contribution in [0, 0.1) is 12.8 Å². The molecule has 16 heavy (non-hydrogen) atoms. The quantitative estimate of drug-likeness (QED) is 0.676. The van der Waals surface area contributed by atoms with Crippen LogP contribution in [0.25, 0.3) is 0 Å². The fourth-order valence-corrected chi connectivity index (χ4v) is 1.09. The molecule has 1 atom stereocenters. The molecule has 0 spiro atoms. The number of nitrogens with zero attached hydrogens (tertiary/aromatic N) is 2. The number of carbonyl (C=O) groups is 1. The number of aryl methyl sites for hydroxylation is 1. The Morgan fingerprint density at radius 2 is 2.31 bits per heavy atom. The van der Waals surface area contributed by atoms with Crippen molar-refractivity contribution in [2.45, 2.75) is 13.8 Å². The Morgan fingerprint density at radius 1 is 1.62 bits per heavy atom.